The fourth-order valence-electron chi connectivity index (χ4n) is 1.25. The van der Waals surface area contributed by atoms with E-state index < -0.39 is 18.0 Å². The molecule has 1 rings (SSSR count). The minimum absolute atomic E-state index is 0.487. The molecule has 1 amide bonds. The average Bonchev–Trinajstić information content (AvgIpc) is 2.59. The largest absolute Gasteiger partial charge is 0.448 e. The fourth-order valence-corrected chi connectivity index (χ4v) is 2.24. The van der Waals surface area contributed by atoms with Crippen LogP contribution in [0.25, 0.3) is 0 Å². The van der Waals surface area contributed by atoms with Crippen LogP contribution >= 0.6 is 11.3 Å². The van der Waals surface area contributed by atoms with Gasteiger partial charge in [-0.15, -0.1) is 11.3 Å². The number of rotatable bonds is 4. The van der Waals surface area contributed by atoms with Gasteiger partial charge in [-0.3, -0.25) is 4.79 Å². The lowest BCUT2D eigenvalue weighted by Gasteiger charge is -2.07. The molecular weight excluding hydrogens is 226 g/mol. The highest BCUT2D eigenvalue weighted by Gasteiger charge is 2.18. The number of thiophene rings is 1. The molecule has 0 saturated carbocycles. The summed E-state index contributed by atoms with van der Waals surface area (Å²) < 4.78 is 4.91. The molecule has 1 aromatic rings. The number of carbonyl (C=O) groups is 2. The number of aryl methyl sites for hydroxylation is 2. The van der Waals surface area contributed by atoms with Crippen LogP contribution in [-0.4, -0.2) is 18.0 Å². The number of hydrogen-bond acceptors (Lipinski definition) is 4. The molecule has 0 bridgehead atoms. The molecule has 1 atom stereocenters. The predicted molar refractivity (Wildman–Crippen MR) is 62.5 cm³/mol. The fraction of sp³-hybridized carbons (Fsp3) is 0.455. The highest BCUT2D eigenvalue weighted by Crippen LogP contribution is 2.23. The van der Waals surface area contributed by atoms with Crippen molar-refractivity contribution in [2.45, 2.75) is 33.3 Å². The second kappa shape index (κ2) is 5.12. The van der Waals surface area contributed by atoms with Gasteiger partial charge in [0, 0.05) is 4.88 Å². The highest BCUT2D eigenvalue weighted by atomic mass is 32.1. The average molecular weight is 241 g/mol. The van der Waals surface area contributed by atoms with E-state index in [-0.39, 0.29) is 0 Å². The molecule has 0 unspecified atom stereocenters. The Morgan fingerprint density at radius 3 is 2.62 bits per heavy atom. The molecule has 16 heavy (non-hydrogen) atoms. The van der Waals surface area contributed by atoms with Crippen LogP contribution in [-0.2, 0) is 16.0 Å². The molecule has 0 aromatic carbocycles. The maximum Gasteiger partial charge on any atom is 0.349 e. The lowest BCUT2D eigenvalue weighted by Crippen LogP contribution is -2.30. The molecular formula is C11H15NO3S. The minimum atomic E-state index is -0.889. The van der Waals surface area contributed by atoms with Crippen molar-refractivity contribution in [1.82, 2.24) is 0 Å². The Bertz CT molecular complexity index is 411. The van der Waals surface area contributed by atoms with Crippen molar-refractivity contribution in [3.63, 3.8) is 0 Å². The number of nitrogens with two attached hydrogens (primary N) is 1. The molecule has 1 aromatic heterocycles. The van der Waals surface area contributed by atoms with Gasteiger partial charge in [0.05, 0.1) is 0 Å². The Morgan fingerprint density at radius 1 is 1.56 bits per heavy atom. The molecule has 0 aliphatic carbocycles. The van der Waals surface area contributed by atoms with Crippen LogP contribution < -0.4 is 5.73 Å². The van der Waals surface area contributed by atoms with Gasteiger partial charge in [-0.1, -0.05) is 6.92 Å². The summed E-state index contributed by atoms with van der Waals surface area (Å²) in [4.78, 5) is 24.0. The van der Waals surface area contributed by atoms with Crippen LogP contribution in [0.1, 0.15) is 34.0 Å². The number of esters is 1. The van der Waals surface area contributed by atoms with Crippen molar-refractivity contribution >= 4 is 23.2 Å². The Hall–Kier alpha value is -1.36. The van der Waals surface area contributed by atoms with Gasteiger partial charge in [0.25, 0.3) is 5.91 Å². The lowest BCUT2D eigenvalue weighted by molar-refractivity contribution is -0.125. The van der Waals surface area contributed by atoms with Crippen LogP contribution in [0.3, 0.4) is 0 Å². The molecule has 0 radical (unpaired) electrons. The monoisotopic (exact) mass is 241 g/mol. The van der Waals surface area contributed by atoms with Gasteiger partial charge in [0.2, 0.25) is 0 Å². The summed E-state index contributed by atoms with van der Waals surface area (Å²) in [5.74, 6) is -1.13. The molecule has 5 heteroatoms. The van der Waals surface area contributed by atoms with Gasteiger partial charge in [0.15, 0.2) is 6.10 Å². The molecule has 0 spiro atoms. The van der Waals surface area contributed by atoms with Crippen LogP contribution in [0.5, 0.6) is 0 Å². The molecule has 88 valence electrons. The van der Waals surface area contributed by atoms with Gasteiger partial charge >= 0.3 is 5.97 Å². The van der Waals surface area contributed by atoms with E-state index in [1.54, 1.807) is 6.07 Å². The van der Waals surface area contributed by atoms with E-state index in [1.165, 1.54) is 18.3 Å². The van der Waals surface area contributed by atoms with Crippen molar-refractivity contribution in [2.75, 3.05) is 0 Å². The summed E-state index contributed by atoms with van der Waals surface area (Å²) in [5.41, 5.74) is 6.14. The van der Waals surface area contributed by atoms with Crippen molar-refractivity contribution in [2.24, 2.45) is 5.73 Å². The maximum absolute atomic E-state index is 11.6. The van der Waals surface area contributed by atoms with Crippen LogP contribution in [0.15, 0.2) is 6.07 Å². The molecule has 0 fully saturated rings. The predicted octanol–water partition coefficient (Wildman–Crippen LogP) is 1.65. The first-order valence-electron chi connectivity index (χ1n) is 5.05. The van der Waals surface area contributed by atoms with E-state index in [0.717, 1.165) is 16.9 Å². The molecule has 0 aliphatic rings. The van der Waals surface area contributed by atoms with Gasteiger partial charge < -0.3 is 10.5 Å². The zero-order valence-electron chi connectivity index (χ0n) is 9.57. The van der Waals surface area contributed by atoms with Crippen molar-refractivity contribution in [3.8, 4) is 0 Å². The Balaban J connectivity index is 2.77. The first-order valence-corrected chi connectivity index (χ1v) is 5.87. The number of hydrogen-bond donors (Lipinski definition) is 1. The highest BCUT2D eigenvalue weighted by molar-refractivity contribution is 7.14. The summed E-state index contributed by atoms with van der Waals surface area (Å²) in [5, 5.41) is 0. The second-order valence-corrected chi connectivity index (χ2v) is 4.75. The SMILES string of the molecule is CCc1cc(C(=O)O[C@@H](C)C(N)=O)sc1C. The number of primary amides is 1. The first kappa shape index (κ1) is 12.7. The summed E-state index contributed by atoms with van der Waals surface area (Å²) in [6.07, 6.45) is -0.0129. The van der Waals surface area contributed by atoms with Gasteiger partial charge in [0.1, 0.15) is 4.88 Å². The van der Waals surface area contributed by atoms with Crippen molar-refractivity contribution in [1.29, 1.82) is 0 Å². The quantitative estimate of drug-likeness (QED) is 0.815. The smallest absolute Gasteiger partial charge is 0.349 e. The molecule has 0 aliphatic heterocycles. The van der Waals surface area contributed by atoms with Crippen LogP contribution in [0.2, 0.25) is 0 Å². The summed E-state index contributed by atoms with van der Waals surface area (Å²) in [6, 6.07) is 1.80. The summed E-state index contributed by atoms with van der Waals surface area (Å²) in [7, 11) is 0. The Kier molecular flexibility index (Phi) is 4.06. The number of ether oxygens (including phenoxy) is 1. The van der Waals surface area contributed by atoms with Crippen LogP contribution in [0, 0.1) is 6.92 Å². The second-order valence-electron chi connectivity index (χ2n) is 3.50. The standard InChI is InChI=1S/C11H15NO3S/c1-4-8-5-9(16-7(8)3)11(14)15-6(2)10(12)13/h5-6H,4H2,1-3H3,(H2,12,13)/t6-/m0/s1. The third-order valence-corrected chi connectivity index (χ3v) is 3.36. The minimum Gasteiger partial charge on any atom is -0.448 e. The topological polar surface area (TPSA) is 69.4 Å². The van der Waals surface area contributed by atoms with E-state index in [4.69, 9.17) is 10.5 Å². The number of amides is 1. The van der Waals surface area contributed by atoms with Gasteiger partial charge in [-0.25, -0.2) is 4.79 Å². The number of carbonyl (C=O) groups excluding carboxylic acids is 2. The van der Waals surface area contributed by atoms with Gasteiger partial charge in [-0.2, -0.15) is 0 Å². The van der Waals surface area contributed by atoms with E-state index in [9.17, 15) is 9.59 Å². The molecule has 2 N–H and O–H groups in total. The van der Waals surface area contributed by atoms with E-state index in [1.807, 2.05) is 13.8 Å². The zero-order valence-corrected chi connectivity index (χ0v) is 10.4. The third kappa shape index (κ3) is 2.82. The van der Waals surface area contributed by atoms with E-state index in [0.29, 0.717) is 4.88 Å². The lowest BCUT2D eigenvalue weighted by atomic mass is 10.2. The van der Waals surface area contributed by atoms with Crippen molar-refractivity contribution < 1.29 is 14.3 Å². The third-order valence-electron chi connectivity index (χ3n) is 2.29. The normalized spacial score (nSPS) is 12.2. The van der Waals surface area contributed by atoms with Crippen molar-refractivity contribution in [3.05, 3.63) is 21.4 Å². The van der Waals surface area contributed by atoms with E-state index in [2.05, 4.69) is 0 Å². The van der Waals surface area contributed by atoms with Crippen LogP contribution in [0.4, 0.5) is 0 Å². The maximum atomic E-state index is 11.6. The molecule has 1 heterocycles. The van der Waals surface area contributed by atoms with Gasteiger partial charge in [-0.05, 0) is 31.9 Å². The first-order chi connectivity index (χ1) is 7.45. The van der Waals surface area contributed by atoms with E-state index >= 15 is 0 Å². The summed E-state index contributed by atoms with van der Waals surface area (Å²) in [6.45, 7) is 5.44. The summed E-state index contributed by atoms with van der Waals surface area (Å²) >= 11 is 1.37. The molecule has 0 saturated heterocycles. The Morgan fingerprint density at radius 2 is 2.19 bits per heavy atom. The Labute approximate surface area is 98.4 Å². The zero-order chi connectivity index (χ0) is 12.3. The molecule has 4 nitrogen and oxygen atoms in total.